The summed E-state index contributed by atoms with van der Waals surface area (Å²) in [7, 11) is 0. The van der Waals surface area contributed by atoms with Crippen LogP contribution in [0.15, 0.2) is 47.3 Å². The number of anilines is 2. The van der Waals surface area contributed by atoms with E-state index in [1.165, 1.54) is 6.33 Å². The number of benzene rings is 1. The fourth-order valence-corrected chi connectivity index (χ4v) is 4.00. The highest BCUT2D eigenvalue weighted by atomic mass is 79.9. The Labute approximate surface area is 184 Å². The second-order valence-corrected chi connectivity index (χ2v) is 8.15. The van der Waals surface area contributed by atoms with Crippen molar-refractivity contribution in [1.82, 2.24) is 19.5 Å². The summed E-state index contributed by atoms with van der Waals surface area (Å²) in [6.45, 7) is 0.0254. The van der Waals surface area contributed by atoms with Gasteiger partial charge in [0, 0.05) is 17.6 Å². The lowest BCUT2D eigenvalue weighted by atomic mass is 10.1. The maximum absolute atomic E-state index is 10.6. The predicted octanol–water partition coefficient (Wildman–Crippen LogP) is 1.56. The van der Waals surface area contributed by atoms with Crippen molar-refractivity contribution in [2.45, 2.75) is 24.5 Å². The Balaban J connectivity index is 1.34. The zero-order chi connectivity index (χ0) is 21.7. The number of rotatable bonds is 4. The summed E-state index contributed by atoms with van der Waals surface area (Å²) in [5, 5.41) is 22.0. The number of aliphatic hydroxyl groups excluding tert-OH is 2. The van der Waals surface area contributed by atoms with Gasteiger partial charge in [0.1, 0.15) is 48.5 Å². The van der Waals surface area contributed by atoms with E-state index in [0.717, 1.165) is 9.86 Å². The summed E-state index contributed by atoms with van der Waals surface area (Å²) in [4.78, 5) is 12.6. The molecule has 6 N–H and O–H groups in total. The van der Waals surface area contributed by atoms with Gasteiger partial charge in [-0.1, -0.05) is 0 Å². The third-order valence-corrected chi connectivity index (χ3v) is 5.94. The summed E-state index contributed by atoms with van der Waals surface area (Å²) >= 11 is 3.36. The van der Waals surface area contributed by atoms with Gasteiger partial charge in [0.2, 0.25) is 0 Å². The number of fused-ring (bicyclic) bond motifs is 2. The Morgan fingerprint density at radius 1 is 1.13 bits per heavy atom. The van der Waals surface area contributed by atoms with E-state index in [9.17, 15) is 10.2 Å². The zero-order valence-electron chi connectivity index (χ0n) is 16.1. The lowest BCUT2D eigenvalue weighted by Crippen LogP contribution is -2.34. The first-order valence-corrected chi connectivity index (χ1v) is 10.3. The number of nitrogens with two attached hydrogens (primary N) is 2. The van der Waals surface area contributed by atoms with Gasteiger partial charge in [-0.3, -0.25) is 0 Å². The molecule has 10 nitrogen and oxygen atoms in total. The van der Waals surface area contributed by atoms with Crippen LogP contribution in [-0.2, 0) is 4.74 Å². The van der Waals surface area contributed by atoms with Crippen molar-refractivity contribution in [1.29, 1.82) is 0 Å². The molecule has 3 aliphatic rings. The zero-order valence-corrected chi connectivity index (χ0v) is 17.7. The molecular formula is C20H19BrN6O4. The standard InChI is InChI=1S/C20H19BrN6O4/c21-11-5-9-1-2-10(6-13(9)26-18(11)23)30-7-14-16(28)17(29)20(31-14)27-4-3-12(22)15-19(27)25-8-24-15/h1-6,8,14,16-17,20,28-29H,7,22H2,(H2,23,26)/t14-,16-,17-,20-/m1/s1. The molecule has 0 amide bonds. The van der Waals surface area contributed by atoms with E-state index >= 15 is 0 Å². The average Bonchev–Trinajstić information content (AvgIpc) is 3.35. The molecule has 0 bridgehead atoms. The summed E-state index contributed by atoms with van der Waals surface area (Å²) < 4.78 is 14.1. The number of aromatic nitrogens is 4. The van der Waals surface area contributed by atoms with Crippen molar-refractivity contribution in [2.75, 3.05) is 18.1 Å². The number of hydrogen-bond acceptors (Lipinski definition) is 9. The normalized spacial score (nSPS) is 23.6. The van der Waals surface area contributed by atoms with Crippen LogP contribution in [0.4, 0.5) is 11.5 Å². The number of aliphatic hydroxyl groups is 2. The highest BCUT2D eigenvalue weighted by molar-refractivity contribution is 9.10. The third-order valence-electron chi connectivity index (χ3n) is 5.31. The van der Waals surface area contributed by atoms with Crippen LogP contribution >= 0.6 is 15.9 Å². The van der Waals surface area contributed by atoms with Crippen LogP contribution in [0.5, 0.6) is 5.75 Å². The summed E-state index contributed by atoms with van der Waals surface area (Å²) in [6.07, 6.45) is -0.931. The predicted molar refractivity (Wildman–Crippen MR) is 116 cm³/mol. The van der Waals surface area contributed by atoms with Crippen LogP contribution in [0.1, 0.15) is 6.23 Å². The maximum atomic E-state index is 10.6. The second kappa shape index (κ2) is 7.61. The van der Waals surface area contributed by atoms with Gasteiger partial charge in [-0.25, -0.2) is 15.0 Å². The lowest BCUT2D eigenvalue weighted by molar-refractivity contribution is -0.0488. The van der Waals surface area contributed by atoms with Crippen LogP contribution in [0.3, 0.4) is 0 Å². The van der Waals surface area contributed by atoms with Gasteiger partial charge in [-0.15, -0.1) is 0 Å². The molecule has 160 valence electrons. The van der Waals surface area contributed by atoms with Crippen LogP contribution < -0.4 is 16.2 Å². The van der Waals surface area contributed by atoms with Crippen molar-refractivity contribution in [3.63, 3.8) is 0 Å². The molecule has 1 saturated heterocycles. The Hall–Kier alpha value is -2.99. The summed E-state index contributed by atoms with van der Waals surface area (Å²) in [6, 6.07) is 8.93. The summed E-state index contributed by atoms with van der Waals surface area (Å²) in [5.41, 5.74) is 13.4. The Kier molecular flexibility index (Phi) is 4.89. The van der Waals surface area contributed by atoms with Gasteiger partial charge >= 0.3 is 0 Å². The highest BCUT2D eigenvalue weighted by Gasteiger charge is 2.45. The minimum absolute atomic E-state index is 0.0254. The van der Waals surface area contributed by atoms with Gasteiger partial charge in [-0.2, -0.15) is 0 Å². The van der Waals surface area contributed by atoms with Crippen LogP contribution in [-0.4, -0.2) is 54.7 Å². The molecule has 1 aromatic carbocycles. The van der Waals surface area contributed by atoms with Gasteiger partial charge in [0.05, 0.1) is 15.7 Å². The molecule has 4 heterocycles. The van der Waals surface area contributed by atoms with Crippen LogP contribution in [0.2, 0.25) is 0 Å². The number of imidazole rings is 1. The Morgan fingerprint density at radius 2 is 1.97 bits per heavy atom. The molecule has 5 rings (SSSR count). The van der Waals surface area contributed by atoms with Gasteiger partial charge in [0.25, 0.3) is 0 Å². The molecule has 0 spiro atoms. The Morgan fingerprint density at radius 3 is 2.81 bits per heavy atom. The van der Waals surface area contributed by atoms with Crippen molar-refractivity contribution < 1.29 is 19.7 Å². The molecule has 0 saturated carbocycles. The summed E-state index contributed by atoms with van der Waals surface area (Å²) in [5.74, 6) is 1.38. The van der Waals surface area contributed by atoms with Crippen LogP contribution in [0, 0.1) is 0 Å². The third kappa shape index (κ3) is 3.45. The highest BCUT2D eigenvalue weighted by Crippen LogP contribution is 2.35. The van der Waals surface area contributed by atoms with E-state index in [-0.39, 0.29) is 6.61 Å². The van der Waals surface area contributed by atoms with Crippen molar-refractivity contribution in [2.24, 2.45) is 0 Å². The monoisotopic (exact) mass is 486 g/mol. The van der Waals surface area contributed by atoms with Gasteiger partial charge in [-0.05, 0) is 40.2 Å². The first-order chi connectivity index (χ1) is 14.9. The molecule has 0 aliphatic carbocycles. The fourth-order valence-electron chi connectivity index (χ4n) is 3.67. The van der Waals surface area contributed by atoms with Crippen molar-refractivity contribution >= 4 is 38.3 Å². The number of hydrogen-bond donors (Lipinski definition) is 4. The van der Waals surface area contributed by atoms with Gasteiger partial charge in [0.15, 0.2) is 12.1 Å². The van der Waals surface area contributed by atoms with Crippen molar-refractivity contribution in [3.05, 3.63) is 47.3 Å². The quantitative estimate of drug-likeness (QED) is 0.336. The Bertz CT molecular complexity index is 1230. The van der Waals surface area contributed by atoms with E-state index in [4.69, 9.17) is 20.9 Å². The molecular weight excluding hydrogens is 468 g/mol. The number of halogens is 1. The number of ether oxygens (including phenoxy) is 2. The van der Waals surface area contributed by atoms with Gasteiger partial charge < -0.3 is 35.7 Å². The molecule has 3 aliphatic heterocycles. The molecule has 2 aromatic rings. The van der Waals surface area contributed by atoms with Crippen LogP contribution in [0.25, 0.3) is 22.4 Å². The maximum Gasteiger partial charge on any atom is 0.164 e. The molecule has 0 unspecified atom stereocenters. The first kappa shape index (κ1) is 19.9. The molecule has 1 aromatic heterocycles. The molecule has 4 atom stereocenters. The first-order valence-electron chi connectivity index (χ1n) is 9.49. The largest absolute Gasteiger partial charge is 0.491 e. The molecule has 0 radical (unpaired) electrons. The van der Waals surface area contributed by atoms with E-state index in [0.29, 0.717) is 34.3 Å². The molecule has 11 heteroatoms. The van der Waals surface area contributed by atoms with E-state index in [1.807, 2.05) is 12.1 Å². The van der Waals surface area contributed by atoms with E-state index in [2.05, 4.69) is 30.9 Å². The fraction of sp³-hybridized carbons (Fsp3) is 0.250. The number of pyridine rings is 2. The number of nitrogen functional groups attached to an aromatic ring is 2. The SMILES string of the molecule is Nc1ccn([C@@H]2O[C@H](COc3ccc4cc(Br)c(N)nc4c3)[C@@H](O)[C@H]2O)c2ncnc1-2. The lowest BCUT2D eigenvalue weighted by Gasteiger charge is -2.21. The van der Waals surface area contributed by atoms with E-state index in [1.54, 1.807) is 29.0 Å². The minimum Gasteiger partial charge on any atom is -0.491 e. The second-order valence-electron chi connectivity index (χ2n) is 7.29. The molecule has 1 fully saturated rings. The van der Waals surface area contributed by atoms with E-state index < -0.39 is 24.5 Å². The number of nitrogens with zero attached hydrogens (tertiary/aromatic N) is 4. The van der Waals surface area contributed by atoms with Crippen molar-refractivity contribution in [3.8, 4) is 17.3 Å². The topological polar surface area (TPSA) is 155 Å². The smallest absolute Gasteiger partial charge is 0.164 e. The average molecular weight is 487 g/mol. The molecule has 31 heavy (non-hydrogen) atoms. The minimum atomic E-state index is -1.18.